The second kappa shape index (κ2) is 10.4. The first-order valence-electron chi connectivity index (χ1n) is 16.1. The van der Waals surface area contributed by atoms with Crippen molar-refractivity contribution in [1.29, 1.82) is 0 Å². The Kier molecular flexibility index (Phi) is 7.13. The minimum atomic E-state index is -4.90. The van der Waals surface area contributed by atoms with Crippen molar-refractivity contribution in [2.24, 2.45) is 47.3 Å². The number of Topliss-reactive ketones (excluding diaryl/α,β-unsaturated/α-hetero) is 2. The number of rotatable bonds is 2. The summed E-state index contributed by atoms with van der Waals surface area (Å²) in [6, 6.07) is 8.50. The SMILES string of the molecule is Cc1cc(C)cc(C2CCC3C(C2)C(=O)C2CC4C(=O)C5CC(c6cc(C(F)(F)F)cc(C(F)(F)F)c6)CCC5C4CC23)c1. The van der Waals surface area contributed by atoms with E-state index in [0.29, 0.717) is 36.9 Å². The van der Waals surface area contributed by atoms with Gasteiger partial charge in [-0.1, -0.05) is 29.3 Å². The molecule has 5 aliphatic carbocycles. The van der Waals surface area contributed by atoms with Gasteiger partial charge in [0.2, 0.25) is 0 Å². The molecule has 44 heavy (non-hydrogen) atoms. The number of benzene rings is 2. The summed E-state index contributed by atoms with van der Waals surface area (Å²) in [6.07, 6.45) is -4.09. The molecular weight excluding hydrogens is 578 g/mol. The zero-order valence-electron chi connectivity index (χ0n) is 25.0. The molecule has 236 valence electrons. The van der Waals surface area contributed by atoms with E-state index in [2.05, 4.69) is 32.0 Å². The van der Waals surface area contributed by atoms with Crippen molar-refractivity contribution in [3.8, 4) is 0 Å². The van der Waals surface area contributed by atoms with Gasteiger partial charge in [0.1, 0.15) is 11.6 Å². The van der Waals surface area contributed by atoms with Gasteiger partial charge in [-0.2, -0.15) is 26.3 Å². The molecule has 0 aromatic heterocycles. The van der Waals surface area contributed by atoms with Crippen molar-refractivity contribution in [2.45, 2.75) is 89.4 Å². The van der Waals surface area contributed by atoms with Crippen LogP contribution < -0.4 is 0 Å². The highest BCUT2D eigenvalue weighted by Crippen LogP contribution is 2.62. The van der Waals surface area contributed by atoms with Gasteiger partial charge in [0.15, 0.2) is 0 Å². The van der Waals surface area contributed by atoms with Crippen LogP contribution in [0.2, 0.25) is 0 Å². The Bertz CT molecular complexity index is 1440. The summed E-state index contributed by atoms with van der Waals surface area (Å²) in [5.41, 5.74) is 1.20. The first-order chi connectivity index (χ1) is 20.7. The number of hydrogen-bond donors (Lipinski definition) is 0. The zero-order valence-corrected chi connectivity index (χ0v) is 25.0. The predicted molar refractivity (Wildman–Crippen MR) is 153 cm³/mol. The summed E-state index contributed by atoms with van der Waals surface area (Å²) in [7, 11) is 0. The van der Waals surface area contributed by atoms with Crippen molar-refractivity contribution in [1.82, 2.24) is 0 Å². The fraction of sp³-hybridized carbons (Fsp3) is 0.611. The number of alkyl halides is 6. The summed E-state index contributed by atoms with van der Waals surface area (Å²) >= 11 is 0. The molecule has 0 heterocycles. The number of ketones is 2. The predicted octanol–water partition coefficient (Wildman–Crippen LogP) is 9.47. The number of hydrogen-bond acceptors (Lipinski definition) is 2. The first-order valence-corrected chi connectivity index (χ1v) is 16.1. The Morgan fingerprint density at radius 2 is 0.909 bits per heavy atom. The molecule has 2 nitrogen and oxygen atoms in total. The second-order valence-electron chi connectivity index (χ2n) is 14.6. The highest BCUT2D eigenvalue weighted by Gasteiger charge is 2.61. The van der Waals surface area contributed by atoms with Crippen molar-refractivity contribution in [3.63, 3.8) is 0 Å². The molecule has 0 amide bonds. The Morgan fingerprint density at radius 1 is 0.500 bits per heavy atom. The van der Waals surface area contributed by atoms with Gasteiger partial charge in [-0.3, -0.25) is 9.59 Å². The third-order valence-corrected chi connectivity index (χ3v) is 12.3. The van der Waals surface area contributed by atoms with E-state index in [-0.39, 0.29) is 65.3 Å². The molecular formula is C36H38F6O2. The van der Waals surface area contributed by atoms with Gasteiger partial charge >= 0.3 is 12.4 Å². The number of carbonyl (C=O) groups is 2. The Balaban J connectivity index is 1.09. The van der Waals surface area contributed by atoms with Gasteiger partial charge in [0, 0.05) is 23.7 Å². The Hall–Kier alpha value is -2.64. The Labute approximate surface area is 254 Å². The molecule has 8 heteroatoms. The molecule has 5 fully saturated rings. The lowest BCUT2D eigenvalue weighted by Crippen LogP contribution is -2.35. The quantitative estimate of drug-likeness (QED) is 0.315. The van der Waals surface area contributed by atoms with E-state index >= 15 is 0 Å². The lowest BCUT2D eigenvalue weighted by atomic mass is 9.63. The van der Waals surface area contributed by atoms with E-state index in [0.717, 1.165) is 37.8 Å². The van der Waals surface area contributed by atoms with Crippen LogP contribution in [0, 0.1) is 61.2 Å². The smallest absolute Gasteiger partial charge is 0.299 e. The van der Waals surface area contributed by atoms with Gasteiger partial charge in [-0.15, -0.1) is 0 Å². The molecule has 2 aromatic rings. The third-order valence-electron chi connectivity index (χ3n) is 12.3. The third kappa shape index (κ3) is 5.02. The molecule has 5 aliphatic rings. The molecule has 10 unspecified atom stereocenters. The van der Waals surface area contributed by atoms with E-state index in [1.807, 2.05) is 0 Å². The van der Waals surface area contributed by atoms with E-state index in [1.54, 1.807) is 0 Å². The average molecular weight is 617 g/mol. The molecule has 5 saturated carbocycles. The van der Waals surface area contributed by atoms with Crippen molar-refractivity contribution in [3.05, 3.63) is 69.8 Å². The number of fused-ring (bicyclic) bond motifs is 6. The topological polar surface area (TPSA) is 34.1 Å². The van der Waals surface area contributed by atoms with Gasteiger partial charge in [0.25, 0.3) is 0 Å². The molecule has 0 bridgehead atoms. The molecule has 0 aliphatic heterocycles. The van der Waals surface area contributed by atoms with E-state index in [9.17, 15) is 35.9 Å². The monoisotopic (exact) mass is 616 g/mol. The van der Waals surface area contributed by atoms with Crippen LogP contribution in [-0.4, -0.2) is 11.6 Å². The largest absolute Gasteiger partial charge is 0.416 e. The van der Waals surface area contributed by atoms with Crippen molar-refractivity contribution in [2.75, 3.05) is 0 Å². The minimum absolute atomic E-state index is 0.0173. The summed E-state index contributed by atoms with van der Waals surface area (Å²) < 4.78 is 81.2. The molecule has 2 aromatic carbocycles. The zero-order chi connectivity index (χ0) is 31.3. The van der Waals surface area contributed by atoms with E-state index < -0.39 is 29.4 Å². The maximum atomic E-state index is 13.9. The number of carbonyl (C=O) groups excluding carboxylic acids is 2. The summed E-state index contributed by atoms with van der Waals surface area (Å²) in [4.78, 5) is 27.7. The van der Waals surface area contributed by atoms with Gasteiger partial charge in [-0.05, 0) is 130 Å². The molecule has 10 atom stereocenters. The fourth-order valence-corrected chi connectivity index (χ4v) is 10.5. The highest BCUT2D eigenvalue weighted by atomic mass is 19.4. The number of aryl methyl sites for hydroxylation is 2. The lowest BCUT2D eigenvalue weighted by molar-refractivity contribution is -0.143. The summed E-state index contributed by atoms with van der Waals surface area (Å²) in [5.74, 6) is 0.443. The standard InChI is InChI=1S/C36H38F6O2/c1-17-7-18(2)9-21(8-17)19-3-5-25-27-15-28-26-6-4-20(22-10-23(35(37,38)39)14-24(11-22)36(40,41)42)13-30(26)34(44)32(28)16-31(27)33(43)29(25)12-19/h7-11,14,19-20,25-32H,3-6,12-13,15-16H2,1-2H3. The second-order valence-corrected chi connectivity index (χ2v) is 14.6. The van der Waals surface area contributed by atoms with Crippen LogP contribution >= 0.6 is 0 Å². The molecule has 0 saturated heterocycles. The van der Waals surface area contributed by atoms with Crippen LogP contribution in [0.1, 0.15) is 96.6 Å². The van der Waals surface area contributed by atoms with Crippen LogP contribution in [-0.2, 0) is 21.9 Å². The molecule has 7 rings (SSSR count). The van der Waals surface area contributed by atoms with Crippen molar-refractivity contribution >= 4 is 11.6 Å². The molecule has 0 spiro atoms. The maximum absolute atomic E-state index is 13.9. The normalized spacial score (nSPS) is 36.9. The van der Waals surface area contributed by atoms with Crippen LogP contribution in [0.3, 0.4) is 0 Å². The van der Waals surface area contributed by atoms with Crippen LogP contribution in [0.5, 0.6) is 0 Å². The van der Waals surface area contributed by atoms with Crippen LogP contribution in [0.25, 0.3) is 0 Å². The maximum Gasteiger partial charge on any atom is 0.416 e. The number of halogens is 6. The van der Waals surface area contributed by atoms with Gasteiger partial charge < -0.3 is 0 Å². The minimum Gasteiger partial charge on any atom is -0.299 e. The first kappa shape index (κ1) is 30.0. The molecule has 0 N–H and O–H groups in total. The fourth-order valence-electron chi connectivity index (χ4n) is 10.5. The summed E-state index contributed by atoms with van der Waals surface area (Å²) in [5, 5.41) is 0. The van der Waals surface area contributed by atoms with E-state index in [1.165, 1.54) is 16.7 Å². The lowest BCUT2D eigenvalue weighted by Gasteiger charge is -2.41. The highest BCUT2D eigenvalue weighted by molar-refractivity contribution is 5.90. The summed E-state index contributed by atoms with van der Waals surface area (Å²) in [6.45, 7) is 4.21. The Morgan fingerprint density at radius 3 is 1.34 bits per heavy atom. The van der Waals surface area contributed by atoms with Crippen molar-refractivity contribution < 1.29 is 35.9 Å². The van der Waals surface area contributed by atoms with Crippen LogP contribution in [0.4, 0.5) is 26.3 Å². The molecule has 0 radical (unpaired) electrons. The van der Waals surface area contributed by atoms with E-state index in [4.69, 9.17) is 0 Å². The van der Waals surface area contributed by atoms with Gasteiger partial charge in [-0.25, -0.2) is 0 Å². The average Bonchev–Trinajstić information content (AvgIpc) is 3.40. The van der Waals surface area contributed by atoms with Crippen LogP contribution in [0.15, 0.2) is 36.4 Å². The van der Waals surface area contributed by atoms with Gasteiger partial charge in [0.05, 0.1) is 11.1 Å².